The van der Waals surface area contributed by atoms with Crippen LogP contribution in [0.2, 0.25) is 0 Å². The minimum Gasteiger partial charge on any atom is -0.319 e. The van der Waals surface area contributed by atoms with Gasteiger partial charge < -0.3 is 5.32 Å². The van der Waals surface area contributed by atoms with E-state index in [1.165, 1.54) is 16.8 Å². The standard InChI is InChI=1S/C10H14N2S/c1-11-3-2-8-4-9-6-13-7-10(9)12-5-8/h4-5,11H,2-3,6-7H2,1H3. The molecule has 0 saturated carbocycles. The van der Waals surface area contributed by atoms with Gasteiger partial charge in [0.15, 0.2) is 0 Å². The molecule has 1 N–H and O–H groups in total. The molecular formula is C10H14N2S. The predicted molar refractivity (Wildman–Crippen MR) is 56.9 cm³/mol. The van der Waals surface area contributed by atoms with E-state index in [9.17, 15) is 0 Å². The van der Waals surface area contributed by atoms with Crippen LogP contribution in [0.15, 0.2) is 12.3 Å². The first-order chi connectivity index (χ1) is 6.40. The molecule has 0 saturated heterocycles. The van der Waals surface area contributed by atoms with Crippen molar-refractivity contribution in [3.05, 3.63) is 29.1 Å². The minimum atomic E-state index is 1.04. The summed E-state index contributed by atoms with van der Waals surface area (Å²) in [5, 5.41) is 3.15. The first kappa shape index (κ1) is 9.03. The maximum absolute atomic E-state index is 4.46. The monoisotopic (exact) mass is 194 g/mol. The summed E-state index contributed by atoms with van der Waals surface area (Å²) in [6, 6.07) is 2.31. The van der Waals surface area contributed by atoms with Crippen molar-refractivity contribution in [2.24, 2.45) is 0 Å². The molecular weight excluding hydrogens is 180 g/mol. The van der Waals surface area contributed by atoms with Gasteiger partial charge in [-0.2, -0.15) is 11.8 Å². The molecule has 3 heteroatoms. The van der Waals surface area contributed by atoms with Crippen LogP contribution in [0, 0.1) is 0 Å². The number of nitrogens with one attached hydrogen (secondary N) is 1. The molecule has 1 aromatic heterocycles. The average Bonchev–Trinajstić information content (AvgIpc) is 2.61. The quantitative estimate of drug-likeness (QED) is 0.791. The number of hydrogen-bond acceptors (Lipinski definition) is 3. The zero-order valence-electron chi connectivity index (χ0n) is 7.84. The highest BCUT2D eigenvalue weighted by molar-refractivity contribution is 7.98. The van der Waals surface area contributed by atoms with Gasteiger partial charge in [-0.25, -0.2) is 0 Å². The Balaban J connectivity index is 2.12. The van der Waals surface area contributed by atoms with Crippen molar-refractivity contribution in [1.82, 2.24) is 10.3 Å². The van der Waals surface area contributed by atoms with E-state index >= 15 is 0 Å². The summed E-state index contributed by atoms with van der Waals surface area (Å²) in [6.07, 6.45) is 3.10. The maximum Gasteiger partial charge on any atom is 0.0543 e. The highest BCUT2D eigenvalue weighted by Gasteiger charge is 2.12. The molecule has 2 heterocycles. The van der Waals surface area contributed by atoms with Crippen molar-refractivity contribution in [3.63, 3.8) is 0 Å². The Morgan fingerprint density at radius 1 is 1.54 bits per heavy atom. The Bertz CT molecular complexity index is 299. The van der Waals surface area contributed by atoms with Crippen LogP contribution in [-0.4, -0.2) is 18.6 Å². The normalized spacial score (nSPS) is 14.5. The molecule has 2 rings (SSSR count). The highest BCUT2D eigenvalue weighted by atomic mass is 32.2. The summed E-state index contributed by atoms with van der Waals surface area (Å²) in [5.41, 5.74) is 4.09. The van der Waals surface area contributed by atoms with Crippen molar-refractivity contribution >= 4 is 11.8 Å². The molecule has 0 unspecified atom stereocenters. The molecule has 0 spiro atoms. The molecule has 2 nitrogen and oxygen atoms in total. The van der Waals surface area contributed by atoms with E-state index in [0.29, 0.717) is 0 Å². The van der Waals surface area contributed by atoms with Crippen LogP contribution in [0.1, 0.15) is 16.8 Å². The molecule has 0 fully saturated rings. The van der Waals surface area contributed by atoms with Crippen molar-refractivity contribution in [2.45, 2.75) is 17.9 Å². The largest absolute Gasteiger partial charge is 0.319 e. The average molecular weight is 194 g/mol. The molecule has 0 radical (unpaired) electrons. The Labute approximate surface area is 83.1 Å². The van der Waals surface area contributed by atoms with Gasteiger partial charge in [0.2, 0.25) is 0 Å². The summed E-state index contributed by atoms with van der Waals surface area (Å²) >= 11 is 1.96. The molecule has 0 aliphatic carbocycles. The summed E-state index contributed by atoms with van der Waals surface area (Å²) in [5.74, 6) is 2.25. The maximum atomic E-state index is 4.46. The Morgan fingerprint density at radius 3 is 3.31 bits per heavy atom. The van der Waals surface area contributed by atoms with E-state index in [0.717, 1.165) is 24.5 Å². The second kappa shape index (κ2) is 4.11. The number of thioether (sulfide) groups is 1. The first-order valence-corrected chi connectivity index (χ1v) is 5.74. The van der Waals surface area contributed by atoms with Gasteiger partial charge in [-0.1, -0.05) is 6.07 Å². The van der Waals surface area contributed by atoms with Crippen LogP contribution in [-0.2, 0) is 17.9 Å². The van der Waals surface area contributed by atoms with Gasteiger partial charge in [-0.05, 0) is 31.1 Å². The highest BCUT2D eigenvalue weighted by Crippen LogP contribution is 2.28. The summed E-state index contributed by atoms with van der Waals surface area (Å²) < 4.78 is 0. The van der Waals surface area contributed by atoms with Crippen molar-refractivity contribution in [3.8, 4) is 0 Å². The molecule has 0 amide bonds. The van der Waals surface area contributed by atoms with Gasteiger partial charge in [-0.3, -0.25) is 4.98 Å². The fourth-order valence-corrected chi connectivity index (χ4v) is 2.53. The number of aromatic nitrogens is 1. The third kappa shape index (κ3) is 2.03. The number of fused-ring (bicyclic) bond motifs is 1. The van der Waals surface area contributed by atoms with Gasteiger partial charge in [0.25, 0.3) is 0 Å². The van der Waals surface area contributed by atoms with Crippen LogP contribution in [0.4, 0.5) is 0 Å². The van der Waals surface area contributed by atoms with Gasteiger partial charge in [-0.15, -0.1) is 0 Å². The van der Waals surface area contributed by atoms with Crippen LogP contribution in [0.25, 0.3) is 0 Å². The second-order valence-electron chi connectivity index (χ2n) is 3.30. The molecule has 0 bridgehead atoms. The van der Waals surface area contributed by atoms with Gasteiger partial charge in [0.1, 0.15) is 0 Å². The molecule has 13 heavy (non-hydrogen) atoms. The van der Waals surface area contributed by atoms with Crippen molar-refractivity contribution in [1.29, 1.82) is 0 Å². The van der Waals surface area contributed by atoms with Crippen LogP contribution in [0.5, 0.6) is 0 Å². The molecule has 0 atom stereocenters. The molecule has 0 aromatic carbocycles. The third-order valence-electron chi connectivity index (χ3n) is 2.28. The van der Waals surface area contributed by atoms with E-state index in [2.05, 4.69) is 16.4 Å². The second-order valence-corrected chi connectivity index (χ2v) is 4.28. The SMILES string of the molecule is CNCCc1cnc2c(c1)CSC2. The Morgan fingerprint density at radius 2 is 2.46 bits per heavy atom. The molecule has 1 aliphatic rings. The van der Waals surface area contributed by atoms with E-state index in [4.69, 9.17) is 0 Å². The number of rotatable bonds is 3. The van der Waals surface area contributed by atoms with Crippen LogP contribution >= 0.6 is 11.8 Å². The summed E-state index contributed by atoms with van der Waals surface area (Å²) in [6.45, 7) is 1.04. The smallest absolute Gasteiger partial charge is 0.0543 e. The van der Waals surface area contributed by atoms with Crippen molar-refractivity contribution in [2.75, 3.05) is 13.6 Å². The lowest BCUT2D eigenvalue weighted by atomic mass is 10.1. The van der Waals surface area contributed by atoms with E-state index in [-0.39, 0.29) is 0 Å². The fraction of sp³-hybridized carbons (Fsp3) is 0.500. The zero-order chi connectivity index (χ0) is 9.10. The lowest BCUT2D eigenvalue weighted by Gasteiger charge is -2.02. The fourth-order valence-electron chi connectivity index (χ4n) is 1.51. The molecule has 1 aliphatic heterocycles. The van der Waals surface area contributed by atoms with Crippen LogP contribution < -0.4 is 5.32 Å². The van der Waals surface area contributed by atoms with Gasteiger partial charge >= 0.3 is 0 Å². The lowest BCUT2D eigenvalue weighted by Crippen LogP contribution is -2.10. The topological polar surface area (TPSA) is 24.9 Å². The molecule has 1 aromatic rings. The van der Waals surface area contributed by atoms with Crippen molar-refractivity contribution < 1.29 is 0 Å². The summed E-state index contributed by atoms with van der Waals surface area (Å²) in [7, 11) is 1.98. The number of likely N-dealkylation sites (N-methyl/N-ethyl adjacent to an activating group) is 1. The number of nitrogens with zero attached hydrogens (tertiary/aromatic N) is 1. The summed E-state index contributed by atoms with van der Waals surface area (Å²) in [4.78, 5) is 4.46. The first-order valence-electron chi connectivity index (χ1n) is 4.59. The van der Waals surface area contributed by atoms with E-state index in [1.807, 2.05) is 25.0 Å². The lowest BCUT2D eigenvalue weighted by molar-refractivity contribution is 0.788. The van der Waals surface area contributed by atoms with Gasteiger partial charge in [0.05, 0.1) is 5.69 Å². The number of hydrogen-bond donors (Lipinski definition) is 1. The van der Waals surface area contributed by atoms with E-state index in [1.54, 1.807) is 0 Å². The Hall–Kier alpha value is -0.540. The van der Waals surface area contributed by atoms with E-state index < -0.39 is 0 Å². The number of pyridine rings is 1. The van der Waals surface area contributed by atoms with Gasteiger partial charge in [0, 0.05) is 17.7 Å². The predicted octanol–water partition coefficient (Wildman–Crippen LogP) is 1.59. The van der Waals surface area contributed by atoms with Crippen LogP contribution in [0.3, 0.4) is 0 Å². The Kier molecular flexibility index (Phi) is 2.86. The molecule has 70 valence electrons. The third-order valence-corrected chi connectivity index (χ3v) is 3.27. The zero-order valence-corrected chi connectivity index (χ0v) is 8.66. The minimum absolute atomic E-state index is 1.04.